The van der Waals surface area contributed by atoms with Gasteiger partial charge in [-0.2, -0.15) is 4.98 Å². The van der Waals surface area contributed by atoms with E-state index in [1.54, 1.807) is 11.1 Å². The smallest absolute Gasteiger partial charge is 0.229 e. The maximum atomic E-state index is 12.9. The van der Waals surface area contributed by atoms with Crippen molar-refractivity contribution in [3.05, 3.63) is 65.4 Å². The van der Waals surface area contributed by atoms with Gasteiger partial charge in [-0.1, -0.05) is 39.0 Å². The SMILES string of the molecule is CCN1C(=O)CCN(c2ccc(C(C)(C)C)cc2)c2nc(Nc3ccc4c(c3)CS(=O)(=O)C4)ncc21. The summed E-state index contributed by atoms with van der Waals surface area (Å²) >= 11 is 0. The lowest BCUT2D eigenvalue weighted by atomic mass is 9.87. The van der Waals surface area contributed by atoms with E-state index in [4.69, 9.17) is 4.98 Å². The molecule has 0 aliphatic carbocycles. The molecule has 9 heteroatoms. The van der Waals surface area contributed by atoms with Crippen molar-refractivity contribution in [3.8, 4) is 0 Å². The maximum absolute atomic E-state index is 12.9. The number of nitrogens with zero attached hydrogens (tertiary/aromatic N) is 4. The fourth-order valence-electron chi connectivity index (χ4n) is 4.77. The topological polar surface area (TPSA) is 95.5 Å². The first-order chi connectivity index (χ1) is 17.0. The van der Waals surface area contributed by atoms with E-state index in [0.29, 0.717) is 37.0 Å². The van der Waals surface area contributed by atoms with Gasteiger partial charge in [0.05, 0.1) is 17.7 Å². The molecule has 2 aliphatic heterocycles. The van der Waals surface area contributed by atoms with Crippen LogP contribution in [0.1, 0.15) is 50.8 Å². The highest BCUT2D eigenvalue weighted by Gasteiger charge is 2.29. The number of carbonyl (C=O) groups excluding carboxylic acids is 1. The number of aromatic nitrogens is 2. The molecule has 2 aliphatic rings. The van der Waals surface area contributed by atoms with Gasteiger partial charge < -0.3 is 15.1 Å². The molecule has 3 aromatic rings. The van der Waals surface area contributed by atoms with Gasteiger partial charge in [-0.15, -0.1) is 0 Å². The van der Waals surface area contributed by atoms with E-state index in [2.05, 4.69) is 60.2 Å². The Kier molecular flexibility index (Phi) is 5.98. The van der Waals surface area contributed by atoms with E-state index in [-0.39, 0.29) is 22.8 Å². The number of hydrogen-bond donors (Lipinski definition) is 1. The molecule has 0 atom stereocenters. The highest BCUT2D eigenvalue weighted by atomic mass is 32.2. The molecule has 0 unspecified atom stereocenters. The van der Waals surface area contributed by atoms with E-state index in [1.165, 1.54) is 5.56 Å². The molecule has 188 valence electrons. The predicted octanol–water partition coefficient (Wildman–Crippen LogP) is 4.84. The van der Waals surface area contributed by atoms with Crippen molar-refractivity contribution >= 4 is 44.6 Å². The lowest BCUT2D eigenvalue weighted by Gasteiger charge is -2.26. The van der Waals surface area contributed by atoms with Crippen molar-refractivity contribution in [2.75, 3.05) is 28.2 Å². The molecule has 0 saturated carbocycles. The molecule has 5 rings (SSSR count). The van der Waals surface area contributed by atoms with Crippen molar-refractivity contribution in [2.24, 2.45) is 0 Å². The maximum Gasteiger partial charge on any atom is 0.229 e. The summed E-state index contributed by atoms with van der Waals surface area (Å²) in [4.78, 5) is 26.0. The van der Waals surface area contributed by atoms with Gasteiger partial charge in [0, 0.05) is 30.9 Å². The van der Waals surface area contributed by atoms with Crippen LogP contribution < -0.4 is 15.1 Å². The Bertz CT molecular complexity index is 1430. The number of hydrogen-bond acceptors (Lipinski definition) is 7. The minimum atomic E-state index is -3.08. The van der Waals surface area contributed by atoms with Crippen molar-refractivity contribution in [1.82, 2.24) is 9.97 Å². The third-order valence-electron chi connectivity index (χ3n) is 6.72. The van der Waals surface area contributed by atoms with Crippen LogP contribution in [0.4, 0.5) is 28.8 Å². The molecule has 1 N–H and O–H groups in total. The lowest BCUT2D eigenvalue weighted by molar-refractivity contribution is -0.118. The van der Waals surface area contributed by atoms with Crippen molar-refractivity contribution in [3.63, 3.8) is 0 Å². The van der Waals surface area contributed by atoms with Gasteiger partial charge in [0.2, 0.25) is 11.9 Å². The largest absolute Gasteiger partial charge is 0.324 e. The summed E-state index contributed by atoms with van der Waals surface area (Å²) < 4.78 is 24.0. The summed E-state index contributed by atoms with van der Waals surface area (Å²) in [5, 5.41) is 3.23. The molecule has 0 spiro atoms. The van der Waals surface area contributed by atoms with Crippen LogP contribution in [-0.2, 0) is 31.6 Å². The van der Waals surface area contributed by atoms with E-state index >= 15 is 0 Å². The molecule has 0 bridgehead atoms. The Morgan fingerprint density at radius 1 is 1.03 bits per heavy atom. The summed E-state index contributed by atoms with van der Waals surface area (Å²) in [6.07, 6.45) is 2.05. The minimum Gasteiger partial charge on any atom is -0.324 e. The van der Waals surface area contributed by atoms with Gasteiger partial charge in [-0.3, -0.25) is 4.79 Å². The second-order valence-corrected chi connectivity index (χ2v) is 12.4. The van der Waals surface area contributed by atoms with Crippen LogP contribution in [0.2, 0.25) is 0 Å². The number of rotatable bonds is 4. The molecule has 3 heterocycles. The molecular weight excluding hydrogens is 474 g/mol. The van der Waals surface area contributed by atoms with Gasteiger partial charge in [0.1, 0.15) is 5.69 Å². The second-order valence-electron chi connectivity index (χ2n) is 10.4. The first-order valence-electron chi connectivity index (χ1n) is 12.2. The third-order valence-corrected chi connectivity index (χ3v) is 8.22. The first-order valence-corrected chi connectivity index (χ1v) is 14.0. The molecule has 2 aromatic carbocycles. The normalized spacial score (nSPS) is 16.9. The number of carbonyl (C=O) groups is 1. The van der Waals surface area contributed by atoms with Crippen molar-refractivity contribution in [1.29, 1.82) is 0 Å². The average molecular weight is 506 g/mol. The van der Waals surface area contributed by atoms with Crippen LogP contribution in [0.15, 0.2) is 48.7 Å². The van der Waals surface area contributed by atoms with Crippen molar-refractivity contribution in [2.45, 2.75) is 51.0 Å². The van der Waals surface area contributed by atoms with E-state index in [1.807, 2.05) is 25.1 Å². The highest BCUT2D eigenvalue weighted by Crippen LogP contribution is 2.37. The molecule has 36 heavy (non-hydrogen) atoms. The van der Waals surface area contributed by atoms with Crippen LogP contribution in [0, 0.1) is 0 Å². The van der Waals surface area contributed by atoms with Crippen LogP contribution in [0.25, 0.3) is 0 Å². The molecule has 1 aromatic heterocycles. The predicted molar refractivity (Wildman–Crippen MR) is 143 cm³/mol. The Balaban J connectivity index is 1.52. The van der Waals surface area contributed by atoms with Crippen LogP contribution in [-0.4, -0.2) is 37.4 Å². The molecular formula is C27H31N5O3S. The Labute approximate surface area is 212 Å². The average Bonchev–Trinajstić information content (AvgIpc) is 3.05. The Morgan fingerprint density at radius 2 is 1.75 bits per heavy atom. The van der Waals surface area contributed by atoms with Gasteiger partial charge in [0.15, 0.2) is 15.7 Å². The number of anilines is 5. The summed E-state index contributed by atoms with van der Waals surface area (Å²) in [5.74, 6) is 1.22. The molecule has 0 saturated heterocycles. The zero-order chi connectivity index (χ0) is 25.7. The van der Waals surface area contributed by atoms with Crippen LogP contribution in [0.3, 0.4) is 0 Å². The van der Waals surface area contributed by atoms with Crippen LogP contribution in [0.5, 0.6) is 0 Å². The number of benzene rings is 2. The molecule has 0 fully saturated rings. The molecule has 8 nitrogen and oxygen atoms in total. The van der Waals surface area contributed by atoms with Gasteiger partial charge >= 0.3 is 0 Å². The van der Waals surface area contributed by atoms with E-state index < -0.39 is 9.84 Å². The number of nitrogens with one attached hydrogen (secondary N) is 1. The number of fused-ring (bicyclic) bond motifs is 2. The highest BCUT2D eigenvalue weighted by molar-refractivity contribution is 7.90. The minimum absolute atomic E-state index is 0.0386. The van der Waals surface area contributed by atoms with Crippen molar-refractivity contribution < 1.29 is 13.2 Å². The molecule has 1 amide bonds. The standard InChI is InChI=1S/C27H31N5O3S/c1-5-31-23-15-28-26(29-21-9-6-18-16-36(34,35)17-19(18)14-21)30-25(23)32(13-12-24(31)33)22-10-7-20(8-11-22)27(2,3)4/h6-11,14-15H,5,12-13,16-17H2,1-4H3,(H,28,29,30). The second kappa shape index (κ2) is 8.89. The summed E-state index contributed by atoms with van der Waals surface area (Å²) in [6.45, 7) is 9.52. The van der Waals surface area contributed by atoms with Gasteiger partial charge in [-0.05, 0) is 53.3 Å². The Morgan fingerprint density at radius 3 is 2.44 bits per heavy atom. The van der Waals surface area contributed by atoms with Gasteiger partial charge in [-0.25, -0.2) is 13.4 Å². The number of sulfone groups is 1. The van der Waals surface area contributed by atoms with Gasteiger partial charge in [0.25, 0.3) is 0 Å². The summed E-state index contributed by atoms with van der Waals surface area (Å²) in [7, 11) is -3.08. The van der Waals surface area contributed by atoms with Crippen LogP contribution >= 0.6 is 0 Å². The zero-order valence-electron chi connectivity index (χ0n) is 21.1. The van der Waals surface area contributed by atoms with E-state index in [0.717, 1.165) is 22.5 Å². The fourth-order valence-corrected chi connectivity index (χ4v) is 6.37. The van der Waals surface area contributed by atoms with E-state index in [9.17, 15) is 13.2 Å². The quantitative estimate of drug-likeness (QED) is 0.542. The Hall–Kier alpha value is -3.46. The number of amides is 1. The zero-order valence-corrected chi connectivity index (χ0v) is 21.9. The first kappa shape index (κ1) is 24.2. The molecule has 0 radical (unpaired) electrons. The lowest BCUT2D eigenvalue weighted by Crippen LogP contribution is -2.30. The summed E-state index contributed by atoms with van der Waals surface area (Å²) in [6, 6.07) is 13.9. The summed E-state index contributed by atoms with van der Waals surface area (Å²) in [5.41, 5.74) is 5.27. The third kappa shape index (κ3) is 4.67. The monoisotopic (exact) mass is 505 g/mol. The fraction of sp³-hybridized carbons (Fsp3) is 0.370.